The van der Waals surface area contributed by atoms with Gasteiger partial charge in [-0.2, -0.15) is 0 Å². The summed E-state index contributed by atoms with van der Waals surface area (Å²) < 4.78 is 0. The van der Waals surface area contributed by atoms with Crippen LogP contribution in [0.2, 0.25) is 0 Å². The zero-order chi connectivity index (χ0) is 12.0. The number of carbonyl (C=O) groups excluding carboxylic acids is 1. The summed E-state index contributed by atoms with van der Waals surface area (Å²) in [5.41, 5.74) is 4.31. The average Bonchev–Trinajstić information content (AvgIpc) is 2.65. The lowest BCUT2D eigenvalue weighted by atomic mass is 9.81. The van der Waals surface area contributed by atoms with E-state index in [0.29, 0.717) is 11.5 Å². The van der Waals surface area contributed by atoms with Crippen LogP contribution in [-0.2, 0) is 4.79 Å². The molecule has 2 aliphatic heterocycles. The predicted molar refractivity (Wildman–Crippen MR) is 63.2 cm³/mol. The van der Waals surface area contributed by atoms with Gasteiger partial charge < -0.3 is 0 Å². The van der Waals surface area contributed by atoms with Crippen molar-refractivity contribution >= 4 is 30.0 Å². The van der Waals surface area contributed by atoms with Crippen LogP contribution >= 0.6 is 0 Å². The van der Waals surface area contributed by atoms with Gasteiger partial charge in [0, 0.05) is 5.41 Å². The molecule has 84 valence electrons. The Kier molecular flexibility index (Phi) is 2.13. The van der Waals surface area contributed by atoms with Crippen LogP contribution in [0.5, 0.6) is 0 Å². The number of ketones is 1. The summed E-state index contributed by atoms with van der Waals surface area (Å²) in [6.45, 7) is 5.38. The van der Waals surface area contributed by atoms with Crippen molar-refractivity contribution in [2.75, 3.05) is 0 Å². The smallest absolute Gasteiger partial charge is 0.215 e. The molecule has 16 heavy (non-hydrogen) atoms. The monoisotopic (exact) mass is 219 g/mol. The van der Waals surface area contributed by atoms with Crippen molar-refractivity contribution in [1.29, 1.82) is 0 Å². The second-order valence-corrected chi connectivity index (χ2v) is 4.77. The summed E-state index contributed by atoms with van der Waals surface area (Å²) in [6.07, 6.45) is 2.60. The highest BCUT2D eigenvalue weighted by Gasteiger charge is 2.48. The standard InChI is InChI=1S/C10H13N5O/c1-9(2,3)8(16)10(11)6-7(13-4-12-6)14-5-15-10/h4-5H,11H2,1-3H3. The Hall–Kier alpha value is -1.69. The SMILES string of the molecule is CC(C)(C)C(=O)C1(N)N=CN=C2N=CN=C21. The number of hydrogen-bond donors (Lipinski definition) is 1. The number of carbonyl (C=O) groups is 1. The summed E-state index contributed by atoms with van der Waals surface area (Å²) in [5, 5.41) is 0. The van der Waals surface area contributed by atoms with Crippen molar-refractivity contribution in [2.24, 2.45) is 31.1 Å². The van der Waals surface area contributed by atoms with Crippen LogP contribution in [0.1, 0.15) is 20.8 Å². The largest absolute Gasteiger partial charge is 0.296 e. The van der Waals surface area contributed by atoms with E-state index in [4.69, 9.17) is 5.73 Å². The fourth-order valence-electron chi connectivity index (χ4n) is 1.60. The molecule has 6 heteroatoms. The lowest BCUT2D eigenvalue weighted by Gasteiger charge is -2.31. The molecule has 0 spiro atoms. The fourth-order valence-corrected chi connectivity index (χ4v) is 1.60. The van der Waals surface area contributed by atoms with Crippen molar-refractivity contribution in [1.82, 2.24) is 0 Å². The zero-order valence-electron chi connectivity index (χ0n) is 9.43. The van der Waals surface area contributed by atoms with Gasteiger partial charge in [-0.15, -0.1) is 0 Å². The Balaban J connectivity index is 2.45. The molecule has 0 aliphatic carbocycles. The van der Waals surface area contributed by atoms with Gasteiger partial charge in [0.25, 0.3) is 0 Å². The van der Waals surface area contributed by atoms with E-state index in [1.165, 1.54) is 12.7 Å². The molecule has 0 aromatic carbocycles. The minimum absolute atomic E-state index is 0.201. The summed E-state index contributed by atoms with van der Waals surface area (Å²) in [4.78, 5) is 28.0. The molecule has 2 rings (SSSR count). The van der Waals surface area contributed by atoms with Crippen molar-refractivity contribution in [3.8, 4) is 0 Å². The van der Waals surface area contributed by atoms with Gasteiger partial charge >= 0.3 is 0 Å². The molecule has 1 unspecified atom stereocenters. The van der Waals surface area contributed by atoms with Crippen molar-refractivity contribution < 1.29 is 4.79 Å². The third-order valence-electron chi connectivity index (χ3n) is 2.41. The summed E-state index contributed by atoms with van der Waals surface area (Å²) in [6, 6.07) is 0. The molecule has 0 aromatic rings. The third kappa shape index (κ3) is 1.42. The van der Waals surface area contributed by atoms with Gasteiger partial charge in [-0.05, 0) is 0 Å². The average molecular weight is 219 g/mol. The lowest BCUT2D eigenvalue weighted by molar-refractivity contribution is -0.129. The van der Waals surface area contributed by atoms with Crippen LogP contribution in [0.25, 0.3) is 0 Å². The molecule has 0 radical (unpaired) electrons. The van der Waals surface area contributed by atoms with Crippen LogP contribution in [0.4, 0.5) is 0 Å². The van der Waals surface area contributed by atoms with Crippen molar-refractivity contribution in [3.05, 3.63) is 0 Å². The first kappa shape index (κ1) is 10.8. The summed E-state index contributed by atoms with van der Waals surface area (Å²) >= 11 is 0. The van der Waals surface area contributed by atoms with Gasteiger partial charge in [-0.3, -0.25) is 10.5 Å². The number of nitrogens with two attached hydrogens (primary N) is 1. The number of Topliss-reactive ketones (excluding diaryl/α,β-unsaturated/α-hetero) is 1. The Morgan fingerprint density at radius 2 is 2.00 bits per heavy atom. The van der Waals surface area contributed by atoms with Gasteiger partial charge in [0.2, 0.25) is 5.66 Å². The second kappa shape index (κ2) is 3.15. The number of hydrogen-bond acceptors (Lipinski definition) is 6. The number of rotatable bonds is 1. The first-order valence-corrected chi connectivity index (χ1v) is 4.92. The highest BCUT2D eigenvalue weighted by atomic mass is 16.1. The Bertz CT molecular complexity index is 466. The number of fused-ring (bicyclic) bond motifs is 1. The van der Waals surface area contributed by atoms with E-state index in [9.17, 15) is 4.79 Å². The van der Waals surface area contributed by atoms with E-state index in [2.05, 4.69) is 20.0 Å². The second-order valence-electron chi connectivity index (χ2n) is 4.77. The molecule has 0 aromatic heterocycles. The lowest BCUT2D eigenvalue weighted by Crippen LogP contribution is -2.59. The maximum Gasteiger partial charge on any atom is 0.215 e. The van der Waals surface area contributed by atoms with Gasteiger partial charge in [0.1, 0.15) is 18.4 Å². The normalized spacial score (nSPS) is 27.5. The fraction of sp³-hybridized carbons (Fsp3) is 0.500. The molecule has 1 atom stereocenters. The number of amidine groups is 1. The third-order valence-corrected chi connectivity index (χ3v) is 2.41. The molecule has 0 fully saturated rings. The maximum atomic E-state index is 12.3. The summed E-state index contributed by atoms with van der Waals surface area (Å²) in [7, 11) is 0. The Labute approximate surface area is 93.1 Å². The van der Waals surface area contributed by atoms with E-state index < -0.39 is 11.1 Å². The topological polar surface area (TPSA) is 92.5 Å². The first-order chi connectivity index (χ1) is 7.36. The van der Waals surface area contributed by atoms with Crippen LogP contribution in [0, 0.1) is 5.41 Å². The van der Waals surface area contributed by atoms with Crippen molar-refractivity contribution in [2.45, 2.75) is 26.4 Å². The molecule has 6 nitrogen and oxygen atoms in total. The minimum atomic E-state index is -1.45. The zero-order valence-corrected chi connectivity index (χ0v) is 9.43. The van der Waals surface area contributed by atoms with E-state index >= 15 is 0 Å². The first-order valence-electron chi connectivity index (χ1n) is 4.92. The van der Waals surface area contributed by atoms with Crippen molar-refractivity contribution in [3.63, 3.8) is 0 Å². The molecule has 0 saturated carbocycles. The van der Waals surface area contributed by atoms with E-state index in [-0.39, 0.29) is 5.78 Å². The predicted octanol–water partition coefficient (Wildman–Crippen LogP) is 0.180. The Morgan fingerprint density at radius 3 is 2.62 bits per heavy atom. The molecule has 2 heterocycles. The van der Waals surface area contributed by atoms with Gasteiger partial charge in [0.15, 0.2) is 11.6 Å². The van der Waals surface area contributed by atoms with Gasteiger partial charge in [-0.1, -0.05) is 20.8 Å². The quantitative estimate of drug-likeness (QED) is 0.681. The molecule has 0 amide bonds. The summed E-state index contributed by atoms with van der Waals surface area (Å²) in [5.74, 6) is 0.169. The number of nitrogens with zero attached hydrogens (tertiary/aromatic N) is 4. The number of aliphatic imine (C=N–C) groups is 4. The molecule has 2 N–H and O–H groups in total. The highest BCUT2D eigenvalue weighted by molar-refractivity contribution is 6.54. The van der Waals surface area contributed by atoms with E-state index in [0.717, 1.165) is 0 Å². The highest BCUT2D eigenvalue weighted by Crippen LogP contribution is 2.26. The Morgan fingerprint density at radius 1 is 1.31 bits per heavy atom. The molecule has 2 aliphatic rings. The minimum Gasteiger partial charge on any atom is -0.296 e. The van der Waals surface area contributed by atoms with Gasteiger partial charge in [-0.25, -0.2) is 20.0 Å². The maximum absolute atomic E-state index is 12.3. The van der Waals surface area contributed by atoms with Crippen LogP contribution < -0.4 is 5.73 Å². The van der Waals surface area contributed by atoms with Gasteiger partial charge in [0.05, 0.1) is 0 Å². The van der Waals surface area contributed by atoms with Crippen LogP contribution in [0.15, 0.2) is 20.0 Å². The molecular weight excluding hydrogens is 206 g/mol. The molecule has 0 bridgehead atoms. The van der Waals surface area contributed by atoms with Crippen LogP contribution in [-0.4, -0.2) is 35.7 Å². The molecular formula is C10H13N5O. The molecule has 0 saturated heterocycles. The van der Waals surface area contributed by atoms with E-state index in [1.807, 2.05) is 0 Å². The van der Waals surface area contributed by atoms with E-state index in [1.54, 1.807) is 20.8 Å². The van der Waals surface area contributed by atoms with Crippen LogP contribution in [0.3, 0.4) is 0 Å².